The Hall–Kier alpha value is -0.740. The van der Waals surface area contributed by atoms with E-state index in [0.29, 0.717) is 0 Å². The van der Waals surface area contributed by atoms with Gasteiger partial charge < -0.3 is 0 Å². The molecule has 1 fully saturated rings. The van der Waals surface area contributed by atoms with Crippen molar-refractivity contribution in [3.05, 3.63) is 30.0 Å². The van der Waals surface area contributed by atoms with Gasteiger partial charge in [-0.1, -0.05) is 39.3 Å². The van der Waals surface area contributed by atoms with Gasteiger partial charge >= 0.3 is 0 Å². The van der Waals surface area contributed by atoms with E-state index in [-0.39, 0.29) is 0 Å². The highest BCUT2D eigenvalue weighted by Gasteiger charge is 2.37. The van der Waals surface area contributed by atoms with Gasteiger partial charge in [-0.15, -0.1) is 5.73 Å². The van der Waals surface area contributed by atoms with E-state index in [1.54, 1.807) is 0 Å². The first-order valence-electron chi connectivity index (χ1n) is 7.21. The minimum Gasteiger partial charge on any atom is -0.129 e. The summed E-state index contributed by atoms with van der Waals surface area (Å²) in [7, 11) is 0. The first kappa shape index (κ1) is 14.3. The Balaban J connectivity index is 2.21. The highest BCUT2D eigenvalue weighted by atomic mass is 14.4. The van der Waals surface area contributed by atoms with E-state index < -0.39 is 0 Å². The van der Waals surface area contributed by atoms with Crippen LogP contribution in [-0.4, -0.2) is 0 Å². The summed E-state index contributed by atoms with van der Waals surface area (Å²) in [4.78, 5) is 0. The van der Waals surface area contributed by atoms with Gasteiger partial charge in [-0.25, -0.2) is 0 Å². The van der Waals surface area contributed by atoms with Crippen molar-refractivity contribution in [2.45, 2.75) is 53.4 Å². The van der Waals surface area contributed by atoms with Gasteiger partial charge in [0.15, 0.2) is 0 Å². The van der Waals surface area contributed by atoms with E-state index in [0.717, 1.165) is 30.1 Å². The lowest BCUT2D eigenvalue weighted by Crippen LogP contribution is -1.95. The zero-order valence-electron chi connectivity index (χ0n) is 11.9. The van der Waals surface area contributed by atoms with E-state index >= 15 is 0 Å². The van der Waals surface area contributed by atoms with Crippen molar-refractivity contribution in [2.75, 3.05) is 0 Å². The molecule has 0 amide bonds. The summed E-state index contributed by atoms with van der Waals surface area (Å²) in [6.45, 7) is 9.06. The Morgan fingerprint density at radius 1 is 1.29 bits per heavy atom. The second-order valence-corrected chi connectivity index (χ2v) is 5.63. The van der Waals surface area contributed by atoms with Crippen LogP contribution >= 0.6 is 0 Å². The molecule has 1 aliphatic carbocycles. The molecule has 17 heavy (non-hydrogen) atoms. The quantitative estimate of drug-likeness (QED) is 0.409. The van der Waals surface area contributed by atoms with Crippen LogP contribution in [0.15, 0.2) is 30.0 Å². The SMILES string of the molecule is CC=CCC(C)CC=C=CC1CC1C(C)CC. The predicted octanol–water partition coefficient (Wildman–Crippen LogP) is 5.37. The molecule has 0 aliphatic heterocycles. The summed E-state index contributed by atoms with van der Waals surface area (Å²) in [6.07, 6.45) is 14.0. The first-order valence-corrected chi connectivity index (χ1v) is 7.21. The highest BCUT2D eigenvalue weighted by Crippen LogP contribution is 2.46. The van der Waals surface area contributed by atoms with Gasteiger partial charge in [0.2, 0.25) is 0 Å². The third-order valence-electron chi connectivity index (χ3n) is 3.99. The lowest BCUT2D eigenvalue weighted by Gasteiger charge is -2.04. The average molecular weight is 232 g/mol. The summed E-state index contributed by atoms with van der Waals surface area (Å²) < 4.78 is 0. The van der Waals surface area contributed by atoms with Gasteiger partial charge in [-0.05, 0) is 62.0 Å². The minimum atomic E-state index is 0.747. The predicted molar refractivity (Wildman–Crippen MR) is 76.9 cm³/mol. The van der Waals surface area contributed by atoms with Gasteiger partial charge in [0.05, 0.1) is 0 Å². The lowest BCUT2D eigenvalue weighted by molar-refractivity contribution is 0.477. The standard InChI is InChI=1S/C17H28/c1-5-7-10-14(3)11-8-9-12-16-13-17(16)15(4)6-2/h5,7-8,12,14-17H,6,10-11,13H2,1-4H3. The van der Waals surface area contributed by atoms with Crippen LogP contribution in [0.25, 0.3) is 0 Å². The van der Waals surface area contributed by atoms with Gasteiger partial charge in [0, 0.05) is 0 Å². The molecule has 1 rings (SSSR count). The molecule has 1 aliphatic rings. The molecule has 0 radical (unpaired) electrons. The van der Waals surface area contributed by atoms with E-state index in [2.05, 4.69) is 57.7 Å². The number of allylic oxidation sites excluding steroid dienone is 3. The lowest BCUT2D eigenvalue weighted by atomic mass is 10.0. The molecule has 0 aromatic heterocycles. The number of hydrogen-bond acceptors (Lipinski definition) is 0. The molecule has 1 saturated carbocycles. The van der Waals surface area contributed by atoms with Gasteiger partial charge in [-0.2, -0.15) is 0 Å². The molecular formula is C17H28. The second-order valence-electron chi connectivity index (χ2n) is 5.63. The topological polar surface area (TPSA) is 0 Å². The molecule has 4 unspecified atom stereocenters. The largest absolute Gasteiger partial charge is 0.129 e. The fraction of sp³-hybridized carbons (Fsp3) is 0.706. The Morgan fingerprint density at radius 2 is 2.06 bits per heavy atom. The van der Waals surface area contributed by atoms with Crippen molar-refractivity contribution < 1.29 is 0 Å². The maximum atomic E-state index is 3.39. The van der Waals surface area contributed by atoms with Crippen LogP contribution in [0.4, 0.5) is 0 Å². The number of hydrogen-bond donors (Lipinski definition) is 0. The van der Waals surface area contributed by atoms with Crippen molar-refractivity contribution in [1.29, 1.82) is 0 Å². The van der Waals surface area contributed by atoms with E-state index in [1.165, 1.54) is 19.3 Å². The molecular weight excluding hydrogens is 204 g/mol. The fourth-order valence-corrected chi connectivity index (χ4v) is 2.31. The van der Waals surface area contributed by atoms with Gasteiger partial charge in [0.25, 0.3) is 0 Å². The Morgan fingerprint density at radius 3 is 2.71 bits per heavy atom. The van der Waals surface area contributed by atoms with Gasteiger partial charge in [-0.3, -0.25) is 0 Å². The van der Waals surface area contributed by atoms with Crippen LogP contribution in [0.3, 0.4) is 0 Å². The van der Waals surface area contributed by atoms with Crippen LogP contribution in [0.5, 0.6) is 0 Å². The Kier molecular flexibility index (Phi) is 6.37. The molecule has 0 aromatic carbocycles. The van der Waals surface area contributed by atoms with Crippen LogP contribution in [0.1, 0.15) is 53.4 Å². The van der Waals surface area contributed by atoms with Crippen molar-refractivity contribution in [3.63, 3.8) is 0 Å². The molecule has 0 bridgehead atoms. The van der Waals surface area contributed by atoms with Crippen LogP contribution in [0.2, 0.25) is 0 Å². The van der Waals surface area contributed by atoms with E-state index in [1.807, 2.05) is 0 Å². The number of rotatable bonds is 7. The molecule has 0 saturated heterocycles. The maximum absolute atomic E-state index is 3.39. The smallest absolute Gasteiger partial charge is 0.0124 e. The maximum Gasteiger partial charge on any atom is -0.0124 e. The van der Waals surface area contributed by atoms with Crippen molar-refractivity contribution >= 4 is 0 Å². The minimum absolute atomic E-state index is 0.747. The monoisotopic (exact) mass is 232 g/mol. The Labute approximate surface area is 108 Å². The first-order chi connectivity index (χ1) is 8.19. The average Bonchev–Trinajstić information content (AvgIpc) is 3.10. The highest BCUT2D eigenvalue weighted by molar-refractivity contribution is 5.03. The summed E-state index contributed by atoms with van der Waals surface area (Å²) in [6, 6.07) is 0. The second kappa shape index (κ2) is 7.56. The third kappa shape index (κ3) is 5.41. The van der Waals surface area contributed by atoms with Crippen molar-refractivity contribution in [1.82, 2.24) is 0 Å². The molecule has 0 N–H and O–H groups in total. The summed E-state index contributed by atoms with van der Waals surface area (Å²) >= 11 is 0. The van der Waals surface area contributed by atoms with Crippen LogP contribution in [0, 0.1) is 23.7 Å². The zero-order chi connectivity index (χ0) is 12.7. The zero-order valence-corrected chi connectivity index (χ0v) is 11.9. The van der Waals surface area contributed by atoms with Crippen molar-refractivity contribution in [2.24, 2.45) is 23.7 Å². The molecule has 0 nitrogen and oxygen atoms in total. The Bertz CT molecular complexity index is 291. The van der Waals surface area contributed by atoms with E-state index in [9.17, 15) is 0 Å². The molecule has 0 heteroatoms. The summed E-state index contributed by atoms with van der Waals surface area (Å²) in [5.74, 6) is 3.41. The molecule has 0 spiro atoms. The summed E-state index contributed by atoms with van der Waals surface area (Å²) in [5, 5.41) is 0. The molecule has 0 heterocycles. The van der Waals surface area contributed by atoms with Crippen molar-refractivity contribution in [3.8, 4) is 0 Å². The third-order valence-corrected chi connectivity index (χ3v) is 3.99. The van der Waals surface area contributed by atoms with Crippen LogP contribution < -0.4 is 0 Å². The summed E-state index contributed by atoms with van der Waals surface area (Å²) in [5.41, 5.74) is 3.39. The van der Waals surface area contributed by atoms with Crippen LogP contribution in [-0.2, 0) is 0 Å². The molecule has 0 aromatic rings. The normalized spacial score (nSPS) is 26.4. The van der Waals surface area contributed by atoms with Gasteiger partial charge in [0.1, 0.15) is 0 Å². The molecule has 4 atom stereocenters. The molecule has 96 valence electrons. The fourth-order valence-electron chi connectivity index (χ4n) is 2.31. The van der Waals surface area contributed by atoms with E-state index in [4.69, 9.17) is 0 Å².